The predicted octanol–water partition coefficient (Wildman–Crippen LogP) is 1.27. The maximum Gasteiger partial charge on any atom is 0.226 e. The number of aliphatic hydroxyl groups is 1. The van der Waals surface area contributed by atoms with Crippen molar-refractivity contribution in [2.24, 2.45) is 0 Å². The topological polar surface area (TPSA) is 68.4 Å². The monoisotopic (exact) mass is 214 g/mol. The molecule has 0 saturated heterocycles. The van der Waals surface area contributed by atoms with Gasteiger partial charge in [0.15, 0.2) is 0 Å². The van der Waals surface area contributed by atoms with Gasteiger partial charge in [-0.05, 0) is 26.7 Å². The molecule has 1 N–H and O–H groups in total. The van der Waals surface area contributed by atoms with E-state index in [-0.39, 0.29) is 6.61 Å². The third-order valence-electron chi connectivity index (χ3n) is 2.32. The first-order valence-electron chi connectivity index (χ1n) is 5.09. The van der Waals surface area contributed by atoms with Crippen LogP contribution >= 0.6 is 0 Å². The second-order valence-corrected chi connectivity index (χ2v) is 3.91. The van der Waals surface area contributed by atoms with Crippen LogP contribution in [0.4, 0.5) is 0 Å². The summed E-state index contributed by atoms with van der Waals surface area (Å²) in [5.74, 6) is 1.16. The Kier molecular flexibility index (Phi) is 4.23. The number of aromatic nitrogens is 2. The first kappa shape index (κ1) is 12.1. The van der Waals surface area contributed by atoms with Crippen LogP contribution in [-0.4, -0.2) is 29.0 Å². The van der Waals surface area contributed by atoms with Gasteiger partial charge in [-0.15, -0.1) is 0 Å². The van der Waals surface area contributed by atoms with Crippen molar-refractivity contribution in [2.45, 2.75) is 38.7 Å². The van der Waals surface area contributed by atoms with Crippen LogP contribution in [0.25, 0.3) is 0 Å². The third kappa shape index (κ3) is 3.28. The van der Waals surface area contributed by atoms with Crippen LogP contribution in [0.3, 0.4) is 0 Å². The van der Waals surface area contributed by atoms with Gasteiger partial charge in [-0.25, -0.2) is 0 Å². The van der Waals surface area contributed by atoms with Crippen molar-refractivity contribution in [1.82, 2.24) is 10.1 Å². The Bertz CT molecular complexity index is 297. The fourth-order valence-corrected chi connectivity index (χ4v) is 1.08. The first-order valence-corrected chi connectivity index (χ1v) is 5.09. The lowest BCUT2D eigenvalue weighted by atomic mass is 10.1. The SMILES string of the molecule is COC(C)(C)c1noc(CCCCO)n1. The van der Waals surface area contributed by atoms with Crippen LogP contribution in [0.1, 0.15) is 38.4 Å². The number of unbranched alkanes of at least 4 members (excludes halogenated alkanes) is 1. The van der Waals surface area contributed by atoms with Gasteiger partial charge >= 0.3 is 0 Å². The van der Waals surface area contributed by atoms with Gasteiger partial charge < -0.3 is 14.4 Å². The molecule has 0 spiro atoms. The van der Waals surface area contributed by atoms with Crippen LogP contribution in [0, 0.1) is 0 Å². The summed E-state index contributed by atoms with van der Waals surface area (Å²) in [6.07, 6.45) is 2.31. The van der Waals surface area contributed by atoms with Crippen LogP contribution < -0.4 is 0 Å². The molecule has 0 aliphatic carbocycles. The smallest absolute Gasteiger partial charge is 0.226 e. The molecule has 0 bridgehead atoms. The van der Waals surface area contributed by atoms with E-state index in [2.05, 4.69) is 10.1 Å². The molecule has 0 atom stereocenters. The highest BCUT2D eigenvalue weighted by Crippen LogP contribution is 2.20. The minimum atomic E-state index is -0.515. The van der Waals surface area contributed by atoms with E-state index in [1.54, 1.807) is 7.11 Å². The molecule has 15 heavy (non-hydrogen) atoms. The molecule has 1 heterocycles. The van der Waals surface area contributed by atoms with Crippen LogP contribution in [0.15, 0.2) is 4.52 Å². The molecular weight excluding hydrogens is 196 g/mol. The molecule has 1 aromatic rings. The average Bonchev–Trinajstić information content (AvgIpc) is 2.68. The van der Waals surface area contributed by atoms with E-state index in [4.69, 9.17) is 14.4 Å². The molecular formula is C10H18N2O3. The Hall–Kier alpha value is -0.940. The van der Waals surface area contributed by atoms with Gasteiger partial charge in [0.25, 0.3) is 0 Å². The van der Waals surface area contributed by atoms with Crippen LogP contribution in [0.2, 0.25) is 0 Å². The molecule has 5 heteroatoms. The largest absolute Gasteiger partial charge is 0.396 e. The highest BCUT2D eigenvalue weighted by atomic mass is 16.5. The zero-order chi connectivity index (χ0) is 11.3. The Balaban J connectivity index is 2.56. The Morgan fingerprint density at radius 1 is 1.40 bits per heavy atom. The second kappa shape index (κ2) is 5.23. The van der Waals surface area contributed by atoms with Crippen molar-refractivity contribution in [3.8, 4) is 0 Å². The van der Waals surface area contributed by atoms with E-state index in [0.29, 0.717) is 18.1 Å². The number of hydrogen-bond acceptors (Lipinski definition) is 5. The zero-order valence-electron chi connectivity index (χ0n) is 9.49. The number of aliphatic hydroxyl groups excluding tert-OH is 1. The number of nitrogens with zero attached hydrogens (tertiary/aromatic N) is 2. The van der Waals surface area contributed by atoms with Gasteiger partial charge in [0.05, 0.1) is 0 Å². The lowest BCUT2D eigenvalue weighted by molar-refractivity contribution is 0.00973. The van der Waals surface area contributed by atoms with E-state index >= 15 is 0 Å². The molecule has 0 radical (unpaired) electrons. The molecule has 0 aliphatic rings. The average molecular weight is 214 g/mol. The van der Waals surface area contributed by atoms with Gasteiger partial charge in [0, 0.05) is 20.1 Å². The lowest BCUT2D eigenvalue weighted by Gasteiger charge is -2.17. The van der Waals surface area contributed by atoms with E-state index in [1.807, 2.05) is 13.8 Å². The van der Waals surface area contributed by atoms with Crippen molar-refractivity contribution in [2.75, 3.05) is 13.7 Å². The van der Waals surface area contributed by atoms with Crippen molar-refractivity contribution >= 4 is 0 Å². The molecule has 0 amide bonds. The maximum atomic E-state index is 8.63. The summed E-state index contributed by atoms with van der Waals surface area (Å²) in [5, 5.41) is 12.5. The number of hydrogen-bond donors (Lipinski definition) is 1. The second-order valence-electron chi connectivity index (χ2n) is 3.91. The maximum absolute atomic E-state index is 8.63. The Labute approximate surface area is 89.4 Å². The normalized spacial score (nSPS) is 12.0. The van der Waals surface area contributed by atoms with E-state index < -0.39 is 5.60 Å². The Morgan fingerprint density at radius 2 is 2.13 bits per heavy atom. The van der Waals surface area contributed by atoms with Crippen molar-refractivity contribution in [3.63, 3.8) is 0 Å². The molecule has 1 aromatic heterocycles. The van der Waals surface area contributed by atoms with E-state index in [0.717, 1.165) is 12.8 Å². The lowest BCUT2D eigenvalue weighted by Crippen LogP contribution is -2.21. The molecule has 0 unspecified atom stereocenters. The molecule has 1 rings (SSSR count). The molecule has 86 valence electrons. The van der Waals surface area contributed by atoms with Gasteiger partial charge in [0.1, 0.15) is 5.60 Å². The summed E-state index contributed by atoms with van der Waals surface area (Å²) in [6.45, 7) is 3.97. The van der Waals surface area contributed by atoms with Gasteiger partial charge in [0.2, 0.25) is 11.7 Å². The fourth-order valence-electron chi connectivity index (χ4n) is 1.08. The highest BCUT2D eigenvalue weighted by molar-refractivity contribution is 4.97. The standard InChI is InChI=1S/C10H18N2O3/c1-10(2,14-3)9-11-8(15-12-9)6-4-5-7-13/h13H,4-7H2,1-3H3. The van der Waals surface area contributed by atoms with Crippen molar-refractivity contribution in [1.29, 1.82) is 0 Å². The number of methoxy groups -OCH3 is 1. The summed E-state index contributed by atoms with van der Waals surface area (Å²) in [7, 11) is 1.61. The molecule has 0 aliphatic heterocycles. The van der Waals surface area contributed by atoms with Crippen LogP contribution in [-0.2, 0) is 16.8 Å². The quantitative estimate of drug-likeness (QED) is 0.722. The summed E-state index contributed by atoms with van der Waals surface area (Å²) in [5.41, 5.74) is -0.515. The van der Waals surface area contributed by atoms with E-state index in [1.165, 1.54) is 0 Å². The molecule has 5 nitrogen and oxygen atoms in total. The summed E-state index contributed by atoms with van der Waals surface area (Å²) >= 11 is 0. The highest BCUT2D eigenvalue weighted by Gasteiger charge is 2.25. The molecule has 0 saturated carbocycles. The van der Waals surface area contributed by atoms with Crippen molar-refractivity contribution < 1.29 is 14.4 Å². The number of aryl methyl sites for hydroxylation is 1. The Morgan fingerprint density at radius 3 is 2.73 bits per heavy atom. The van der Waals surface area contributed by atoms with Gasteiger partial charge in [-0.2, -0.15) is 4.98 Å². The van der Waals surface area contributed by atoms with E-state index in [9.17, 15) is 0 Å². The van der Waals surface area contributed by atoms with Crippen LogP contribution in [0.5, 0.6) is 0 Å². The number of rotatable bonds is 6. The minimum Gasteiger partial charge on any atom is -0.396 e. The zero-order valence-corrected chi connectivity index (χ0v) is 9.49. The summed E-state index contributed by atoms with van der Waals surface area (Å²) in [6, 6.07) is 0. The fraction of sp³-hybridized carbons (Fsp3) is 0.800. The predicted molar refractivity (Wildman–Crippen MR) is 54.4 cm³/mol. The number of ether oxygens (including phenoxy) is 1. The summed E-state index contributed by atoms with van der Waals surface area (Å²) in [4.78, 5) is 4.24. The molecule has 0 fully saturated rings. The third-order valence-corrected chi connectivity index (χ3v) is 2.32. The van der Waals surface area contributed by atoms with Gasteiger partial charge in [-0.1, -0.05) is 5.16 Å². The molecule has 0 aromatic carbocycles. The summed E-state index contributed by atoms with van der Waals surface area (Å²) < 4.78 is 10.3. The first-order chi connectivity index (χ1) is 7.10. The van der Waals surface area contributed by atoms with Gasteiger partial charge in [-0.3, -0.25) is 0 Å². The minimum absolute atomic E-state index is 0.199. The van der Waals surface area contributed by atoms with Crippen molar-refractivity contribution in [3.05, 3.63) is 11.7 Å².